The van der Waals surface area contributed by atoms with Gasteiger partial charge in [0.2, 0.25) is 0 Å². The quantitative estimate of drug-likeness (QED) is 0.0785. The number of halogens is 6. The zero-order valence-corrected chi connectivity index (χ0v) is 34.5. The smallest absolute Gasteiger partial charge is 0.489 e. The van der Waals surface area contributed by atoms with Gasteiger partial charge in [0.15, 0.2) is 0 Å². The minimum Gasteiger partial charge on any atom is -0.489 e. The maximum Gasteiger partial charge on any atom is 0.573 e. The van der Waals surface area contributed by atoms with Crippen LogP contribution in [0.2, 0.25) is 0 Å². The number of benzene rings is 4. The number of hydrogen-bond donors (Lipinski definition) is 2. The van der Waals surface area contributed by atoms with Crippen molar-refractivity contribution in [3.63, 3.8) is 0 Å². The third-order valence-electron chi connectivity index (χ3n) is 9.41. The molecule has 2 atom stereocenters. The van der Waals surface area contributed by atoms with Crippen molar-refractivity contribution < 1.29 is 74.1 Å². The number of carboxylic acid groups (broad SMARTS) is 2. The van der Waals surface area contributed by atoms with Gasteiger partial charge in [0, 0.05) is 29.5 Å². The lowest BCUT2D eigenvalue weighted by atomic mass is 9.92. The Morgan fingerprint density at radius 3 is 1.41 bits per heavy atom. The second kappa shape index (κ2) is 23.6. The van der Waals surface area contributed by atoms with E-state index in [-0.39, 0.29) is 63.9 Å². The number of alkyl halides is 6. The summed E-state index contributed by atoms with van der Waals surface area (Å²) in [5, 5.41) is 26.1. The van der Waals surface area contributed by atoms with E-state index in [1.165, 1.54) is 42.9 Å². The largest absolute Gasteiger partial charge is 0.573 e. The van der Waals surface area contributed by atoms with E-state index in [0.717, 1.165) is 11.1 Å². The second-order valence-corrected chi connectivity index (χ2v) is 14.6. The Hall–Kier alpha value is -7.24. The molecule has 0 fully saturated rings. The van der Waals surface area contributed by atoms with Crippen molar-refractivity contribution in [1.82, 2.24) is 10.3 Å². The average Bonchev–Trinajstić information content (AvgIpc) is 3.97. The first-order valence-electron chi connectivity index (χ1n) is 19.4. The molecule has 2 N–H and O–H groups in total. The summed E-state index contributed by atoms with van der Waals surface area (Å²) in [5.41, 5.74) is 4.92. The molecule has 0 saturated heterocycles. The van der Waals surface area contributed by atoms with Crippen LogP contribution in [-0.2, 0) is 22.8 Å². The van der Waals surface area contributed by atoms with Crippen molar-refractivity contribution in [3.8, 4) is 23.0 Å². The molecule has 0 radical (unpaired) electrons. The highest BCUT2D eigenvalue weighted by atomic mass is 19.4. The maximum absolute atomic E-state index is 12.6. The number of aliphatic carboxylic acids is 2. The number of ether oxygens (including phenoxy) is 4. The third kappa shape index (κ3) is 16.1. The van der Waals surface area contributed by atoms with Gasteiger partial charge in [0.05, 0.1) is 24.2 Å². The number of carbonyl (C=O) groups is 2. The summed E-state index contributed by atoms with van der Waals surface area (Å²) < 4.78 is 105. The van der Waals surface area contributed by atoms with Gasteiger partial charge >= 0.3 is 24.7 Å². The van der Waals surface area contributed by atoms with E-state index in [2.05, 4.69) is 26.4 Å². The lowest BCUT2D eigenvalue weighted by Crippen LogP contribution is -2.18. The van der Waals surface area contributed by atoms with Gasteiger partial charge in [-0.1, -0.05) is 82.0 Å². The molecule has 0 spiro atoms. The highest BCUT2D eigenvalue weighted by Gasteiger charge is 2.33. The first-order chi connectivity index (χ1) is 30.2. The number of hydrogen-bond acceptors (Lipinski definition) is 10. The standard InChI is InChI=1S/C23H22F3NO5.C23H20F3NO5.2CH4/c2*1-14(2)18-11-15(3-8-21(18)32-23(24,25)26)13-30-17-6-4-16(5-7-17)19(12-22(28)29)20-9-10-31-27-20;;/h3-11,14,19H,12-13H2,1-2H3,(H,28,29);3-11,19H,1,12-13H2,2H3,(H,28,29);2*1H4. The fourth-order valence-corrected chi connectivity index (χ4v) is 6.44. The van der Waals surface area contributed by atoms with Crippen LogP contribution >= 0.6 is 0 Å². The molecule has 2 heterocycles. The minimum atomic E-state index is -4.80. The Labute approximate surface area is 377 Å². The molecular weight excluding hydrogens is 879 g/mol. The predicted octanol–water partition coefficient (Wildman–Crippen LogP) is 12.9. The van der Waals surface area contributed by atoms with Crippen molar-refractivity contribution in [1.29, 1.82) is 0 Å². The molecule has 354 valence electrons. The van der Waals surface area contributed by atoms with E-state index in [9.17, 15) is 46.1 Å². The van der Waals surface area contributed by atoms with Crippen molar-refractivity contribution in [2.45, 2.75) is 92.2 Å². The molecule has 18 heteroatoms. The Bertz CT molecular complexity index is 2450. The molecule has 6 aromatic rings. The molecule has 2 unspecified atom stereocenters. The molecule has 4 aromatic carbocycles. The van der Waals surface area contributed by atoms with Gasteiger partial charge in [-0.25, -0.2) is 0 Å². The fraction of sp³-hybridized carbons (Fsp3) is 0.292. The molecular formula is C48H50F6N2O10. The second-order valence-electron chi connectivity index (χ2n) is 14.6. The molecule has 0 saturated carbocycles. The minimum absolute atomic E-state index is 0. The Balaban J connectivity index is 0.000000340. The highest BCUT2D eigenvalue weighted by molar-refractivity contribution is 5.70. The summed E-state index contributed by atoms with van der Waals surface area (Å²) in [5.74, 6) is -2.54. The third-order valence-corrected chi connectivity index (χ3v) is 9.41. The lowest BCUT2D eigenvalue weighted by Gasteiger charge is -2.17. The normalized spacial score (nSPS) is 12.0. The zero-order chi connectivity index (χ0) is 46.6. The first-order valence-corrected chi connectivity index (χ1v) is 19.4. The topological polar surface area (TPSA) is 164 Å². The summed E-state index contributed by atoms with van der Waals surface area (Å²) in [7, 11) is 0. The van der Waals surface area contributed by atoms with Gasteiger partial charge in [-0.15, -0.1) is 26.3 Å². The van der Waals surface area contributed by atoms with Crippen LogP contribution in [0.1, 0.15) is 111 Å². The molecule has 0 aliphatic heterocycles. The number of allylic oxidation sites excluding steroid dienone is 1. The van der Waals surface area contributed by atoms with Crippen LogP contribution < -0.4 is 18.9 Å². The first kappa shape index (κ1) is 53.1. The van der Waals surface area contributed by atoms with Gasteiger partial charge in [-0.05, 0) is 94.8 Å². The highest BCUT2D eigenvalue weighted by Crippen LogP contribution is 2.35. The number of aromatic nitrogens is 2. The molecule has 0 bridgehead atoms. The van der Waals surface area contributed by atoms with E-state index >= 15 is 0 Å². The van der Waals surface area contributed by atoms with Crippen LogP contribution in [-0.4, -0.2) is 45.2 Å². The van der Waals surface area contributed by atoms with Crippen LogP contribution in [0, 0.1) is 0 Å². The Morgan fingerprint density at radius 2 is 1.05 bits per heavy atom. The van der Waals surface area contributed by atoms with Crippen LogP contribution in [0.15, 0.2) is 125 Å². The Morgan fingerprint density at radius 1 is 0.636 bits per heavy atom. The summed E-state index contributed by atoms with van der Waals surface area (Å²) >= 11 is 0. The summed E-state index contributed by atoms with van der Waals surface area (Å²) in [6.07, 6.45) is -7.08. The van der Waals surface area contributed by atoms with Gasteiger partial charge in [-0.3, -0.25) is 9.59 Å². The molecule has 0 aliphatic rings. The molecule has 0 amide bonds. The van der Waals surface area contributed by atoms with Crippen molar-refractivity contribution in [2.75, 3.05) is 0 Å². The van der Waals surface area contributed by atoms with Crippen molar-refractivity contribution in [2.24, 2.45) is 0 Å². The fourth-order valence-electron chi connectivity index (χ4n) is 6.44. The van der Waals surface area contributed by atoms with E-state index in [1.54, 1.807) is 87.5 Å². The monoisotopic (exact) mass is 928 g/mol. The van der Waals surface area contributed by atoms with Gasteiger partial charge in [0.1, 0.15) is 48.7 Å². The van der Waals surface area contributed by atoms with E-state index in [4.69, 9.17) is 18.5 Å². The van der Waals surface area contributed by atoms with E-state index in [0.29, 0.717) is 45.2 Å². The molecule has 12 nitrogen and oxygen atoms in total. The van der Waals surface area contributed by atoms with E-state index in [1.807, 2.05) is 0 Å². The van der Waals surface area contributed by atoms with Crippen LogP contribution in [0.4, 0.5) is 26.3 Å². The number of carboxylic acids is 2. The summed E-state index contributed by atoms with van der Waals surface area (Å²) in [4.78, 5) is 22.4. The SMILES string of the molecule is C.C.C=C(C)c1cc(COc2ccc(C(CC(=O)O)c3ccon3)cc2)ccc1OC(F)(F)F.CC(C)c1cc(COc2ccc(C(CC(=O)O)c3ccon3)cc2)ccc1OC(F)(F)F. The number of nitrogens with zero attached hydrogens (tertiary/aromatic N) is 2. The van der Waals surface area contributed by atoms with Crippen LogP contribution in [0.5, 0.6) is 23.0 Å². The van der Waals surface area contributed by atoms with Gasteiger partial charge in [-0.2, -0.15) is 0 Å². The van der Waals surface area contributed by atoms with Crippen molar-refractivity contribution in [3.05, 3.63) is 161 Å². The van der Waals surface area contributed by atoms with Gasteiger partial charge < -0.3 is 38.2 Å². The number of rotatable bonds is 18. The average molecular weight is 929 g/mol. The Kier molecular flexibility index (Phi) is 19.0. The molecule has 0 aliphatic carbocycles. The van der Waals surface area contributed by atoms with Crippen molar-refractivity contribution >= 4 is 17.5 Å². The molecule has 6 rings (SSSR count). The van der Waals surface area contributed by atoms with E-state index < -0.39 is 36.5 Å². The summed E-state index contributed by atoms with van der Waals surface area (Å²) in [6, 6.07) is 25.7. The zero-order valence-electron chi connectivity index (χ0n) is 34.5. The van der Waals surface area contributed by atoms with Crippen LogP contribution in [0.3, 0.4) is 0 Å². The lowest BCUT2D eigenvalue weighted by molar-refractivity contribution is -0.275. The predicted molar refractivity (Wildman–Crippen MR) is 231 cm³/mol. The summed E-state index contributed by atoms with van der Waals surface area (Å²) in [6.45, 7) is 9.10. The molecule has 66 heavy (non-hydrogen) atoms. The van der Waals surface area contributed by atoms with Gasteiger partial charge in [0.25, 0.3) is 0 Å². The molecule has 2 aromatic heterocycles. The van der Waals surface area contributed by atoms with Crippen LogP contribution in [0.25, 0.3) is 5.57 Å². The maximum atomic E-state index is 12.6.